The summed E-state index contributed by atoms with van der Waals surface area (Å²) in [6.45, 7) is 0.332. The summed E-state index contributed by atoms with van der Waals surface area (Å²) in [6, 6.07) is 2.51. The van der Waals surface area contributed by atoms with Gasteiger partial charge in [0.2, 0.25) is 0 Å². The monoisotopic (exact) mass is 295 g/mol. The topological polar surface area (TPSA) is 35.9 Å². The number of rotatable bonds is 2. The van der Waals surface area contributed by atoms with Gasteiger partial charge in [0.15, 0.2) is 4.77 Å². The van der Waals surface area contributed by atoms with Crippen LogP contribution < -0.4 is 5.73 Å². The molecule has 0 spiro atoms. The zero-order chi connectivity index (χ0) is 14.3. The Hall–Kier alpha value is -1.53. The van der Waals surface area contributed by atoms with Crippen LogP contribution in [0.25, 0.3) is 0 Å². The summed E-state index contributed by atoms with van der Waals surface area (Å²) in [5.41, 5.74) is 6.96. The van der Waals surface area contributed by atoms with Crippen molar-refractivity contribution in [1.82, 2.24) is 9.13 Å². The maximum Gasteiger partial charge on any atom is 0.181 e. The van der Waals surface area contributed by atoms with Crippen molar-refractivity contribution in [3.63, 3.8) is 0 Å². The van der Waals surface area contributed by atoms with Crippen LogP contribution in [-0.4, -0.2) is 9.13 Å². The average molecular weight is 295 g/mol. The van der Waals surface area contributed by atoms with E-state index in [0.29, 0.717) is 29.8 Å². The van der Waals surface area contributed by atoms with Gasteiger partial charge in [-0.1, -0.05) is 0 Å². The molecule has 1 aliphatic carbocycles. The number of aromatic nitrogens is 2. The molecule has 6 heteroatoms. The van der Waals surface area contributed by atoms with Crippen molar-refractivity contribution in [3.05, 3.63) is 52.1 Å². The molecule has 1 unspecified atom stereocenters. The molecule has 0 aliphatic heterocycles. The fraction of sp³-hybridized carbons (Fsp3) is 0.357. The second-order valence-corrected chi connectivity index (χ2v) is 5.43. The van der Waals surface area contributed by atoms with E-state index in [9.17, 15) is 8.78 Å². The van der Waals surface area contributed by atoms with Crippen LogP contribution in [0, 0.1) is 16.4 Å². The van der Waals surface area contributed by atoms with Gasteiger partial charge >= 0.3 is 0 Å². The highest BCUT2D eigenvalue weighted by Crippen LogP contribution is 2.31. The van der Waals surface area contributed by atoms with Crippen molar-refractivity contribution in [2.45, 2.75) is 32.0 Å². The molecular weight excluding hydrogens is 280 g/mol. The van der Waals surface area contributed by atoms with Gasteiger partial charge in [0.25, 0.3) is 0 Å². The molecule has 1 aromatic heterocycles. The largest absolute Gasteiger partial charge is 0.320 e. The predicted molar refractivity (Wildman–Crippen MR) is 74.9 cm³/mol. The molecule has 0 fully saturated rings. The van der Waals surface area contributed by atoms with Crippen LogP contribution in [0.2, 0.25) is 0 Å². The molecule has 0 radical (unpaired) electrons. The zero-order valence-electron chi connectivity index (χ0n) is 10.9. The highest BCUT2D eigenvalue weighted by Gasteiger charge is 2.23. The van der Waals surface area contributed by atoms with E-state index in [-0.39, 0.29) is 6.04 Å². The molecule has 3 nitrogen and oxygen atoms in total. The standard InChI is InChI=1S/C14H15F2N3S/c15-10-5-9-6-11(1-2-12(9)13(16)7-10)19-4-3-18(8-17)14(19)20/h3-5,7,11H,1-2,6,8,17H2. The lowest BCUT2D eigenvalue weighted by atomic mass is 9.87. The van der Waals surface area contributed by atoms with Crippen LogP contribution in [0.1, 0.15) is 23.6 Å². The highest BCUT2D eigenvalue weighted by molar-refractivity contribution is 7.71. The van der Waals surface area contributed by atoms with Gasteiger partial charge in [0, 0.05) is 24.5 Å². The van der Waals surface area contributed by atoms with E-state index < -0.39 is 11.6 Å². The van der Waals surface area contributed by atoms with Crippen LogP contribution >= 0.6 is 12.2 Å². The van der Waals surface area contributed by atoms with E-state index >= 15 is 0 Å². The molecule has 106 valence electrons. The molecule has 0 saturated heterocycles. The Kier molecular flexibility index (Phi) is 3.43. The lowest BCUT2D eigenvalue weighted by Gasteiger charge is -2.26. The van der Waals surface area contributed by atoms with Crippen LogP contribution in [-0.2, 0) is 19.5 Å². The van der Waals surface area contributed by atoms with Crippen LogP contribution in [0.15, 0.2) is 24.5 Å². The number of fused-ring (bicyclic) bond motifs is 1. The fourth-order valence-corrected chi connectivity index (χ4v) is 3.21. The summed E-state index contributed by atoms with van der Waals surface area (Å²) in [4.78, 5) is 0. The summed E-state index contributed by atoms with van der Waals surface area (Å²) in [7, 11) is 0. The summed E-state index contributed by atoms with van der Waals surface area (Å²) < 4.78 is 31.4. The maximum absolute atomic E-state index is 13.7. The lowest BCUT2D eigenvalue weighted by Crippen LogP contribution is -2.20. The van der Waals surface area contributed by atoms with Gasteiger partial charge < -0.3 is 14.9 Å². The fourth-order valence-electron chi connectivity index (χ4n) is 2.87. The normalized spacial score (nSPS) is 18.1. The minimum Gasteiger partial charge on any atom is -0.320 e. The minimum atomic E-state index is -0.523. The minimum absolute atomic E-state index is 0.129. The molecule has 1 aliphatic rings. The van der Waals surface area contributed by atoms with E-state index in [1.807, 2.05) is 17.0 Å². The third-order valence-electron chi connectivity index (χ3n) is 3.90. The molecule has 1 heterocycles. The number of halogens is 2. The Morgan fingerprint density at radius 3 is 2.80 bits per heavy atom. The third kappa shape index (κ3) is 2.19. The van der Waals surface area contributed by atoms with Gasteiger partial charge in [-0.2, -0.15) is 0 Å². The van der Waals surface area contributed by atoms with E-state index in [1.165, 1.54) is 6.07 Å². The quantitative estimate of drug-likeness (QED) is 0.865. The Morgan fingerprint density at radius 1 is 1.30 bits per heavy atom. The van der Waals surface area contributed by atoms with Gasteiger partial charge in [-0.3, -0.25) is 0 Å². The van der Waals surface area contributed by atoms with Crippen LogP contribution in [0.5, 0.6) is 0 Å². The van der Waals surface area contributed by atoms with Crippen LogP contribution in [0.4, 0.5) is 8.78 Å². The second-order valence-electron chi connectivity index (χ2n) is 5.06. The van der Waals surface area contributed by atoms with Crippen molar-refractivity contribution in [1.29, 1.82) is 0 Å². The van der Waals surface area contributed by atoms with Gasteiger partial charge in [-0.25, -0.2) is 8.78 Å². The molecule has 2 aromatic rings. The Labute approximate surface area is 120 Å². The van der Waals surface area contributed by atoms with Gasteiger partial charge in [0.05, 0.1) is 6.67 Å². The molecular formula is C14H15F2N3S. The van der Waals surface area contributed by atoms with E-state index in [2.05, 4.69) is 0 Å². The van der Waals surface area contributed by atoms with E-state index in [1.54, 1.807) is 4.57 Å². The number of hydrogen-bond acceptors (Lipinski definition) is 2. The lowest BCUT2D eigenvalue weighted by molar-refractivity contribution is 0.421. The number of hydrogen-bond donors (Lipinski definition) is 1. The first-order valence-electron chi connectivity index (χ1n) is 6.54. The predicted octanol–water partition coefficient (Wildman–Crippen LogP) is 2.94. The molecule has 1 atom stereocenters. The molecule has 3 rings (SSSR count). The second kappa shape index (κ2) is 5.10. The van der Waals surface area contributed by atoms with Crippen molar-refractivity contribution in [2.75, 3.05) is 0 Å². The van der Waals surface area contributed by atoms with Gasteiger partial charge in [-0.05, 0) is 48.7 Å². The number of nitrogens with two attached hydrogens (primary N) is 1. The first-order valence-corrected chi connectivity index (χ1v) is 6.95. The Morgan fingerprint density at radius 2 is 2.10 bits per heavy atom. The van der Waals surface area contributed by atoms with Gasteiger partial charge in [-0.15, -0.1) is 0 Å². The number of benzene rings is 1. The van der Waals surface area contributed by atoms with Crippen molar-refractivity contribution in [3.8, 4) is 0 Å². The zero-order valence-corrected chi connectivity index (χ0v) is 11.7. The number of imidazole rings is 1. The van der Waals surface area contributed by atoms with Crippen LogP contribution in [0.3, 0.4) is 0 Å². The molecule has 0 saturated carbocycles. The molecule has 0 amide bonds. The van der Waals surface area contributed by atoms with Gasteiger partial charge in [0.1, 0.15) is 11.6 Å². The first kappa shape index (κ1) is 13.5. The summed E-state index contributed by atoms with van der Waals surface area (Å²) in [5.74, 6) is -0.966. The third-order valence-corrected chi connectivity index (χ3v) is 4.34. The van der Waals surface area contributed by atoms with E-state index in [4.69, 9.17) is 18.0 Å². The van der Waals surface area contributed by atoms with Crippen molar-refractivity contribution >= 4 is 12.2 Å². The average Bonchev–Trinajstić information content (AvgIpc) is 2.79. The Bertz CT molecular complexity index is 705. The smallest absolute Gasteiger partial charge is 0.181 e. The summed E-state index contributed by atoms with van der Waals surface area (Å²) in [6.07, 6.45) is 5.71. The highest BCUT2D eigenvalue weighted by atomic mass is 32.1. The maximum atomic E-state index is 13.7. The molecule has 1 aromatic carbocycles. The first-order chi connectivity index (χ1) is 9.60. The van der Waals surface area contributed by atoms with Crippen molar-refractivity contribution in [2.24, 2.45) is 5.73 Å². The SMILES string of the molecule is NCn1ccn(C2CCc3c(F)cc(F)cc3C2)c1=S. The van der Waals surface area contributed by atoms with E-state index in [0.717, 1.165) is 18.1 Å². The molecule has 20 heavy (non-hydrogen) atoms. The van der Waals surface area contributed by atoms with Crippen molar-refractivity contribution < 1.29 is 8.78 Å². The molecule has 2 N–H and O–H groups in total. The number of nitrogens with zero attached hydrogens (tertiary/aromatic N) is 2. The molecule has 0 bridgehead atoms. The summed E-state index contributed by atoms with van der Waals surface area (Å²) >= 11 is 5.35. The Balaban J connectivity index is 1.96. The summed E-state index contributed by atoms with van der Waals surface area (Å²) in [5, 5.41) is 0.